The van der Waals surface area contributed by atoms with Crippen LogP contribution in [0.3, 0.4) is 0 Å². The predicted molar refractivity (Wildman–Crippen MR) is 101 cm³/mol. The van der Waals surface area contributed by atoms with Crippen molar-refractivity contribution in [2.45, 2.75) is 91.0 Å². The van der Waals surface area contributed by atoms with Crippen LogP contribution in [0.4, 0.5) is 0 Å². The first-order chi connectivity index (χ1) is 11.9. The SMILES string of the molecule is C=CC1(C)CC2(O)CCC3C(C)(C)CCCC3(C)C2C(OC(C)=O)C1O. The number of carbonyl (C=O) groups excluding carboxylic acids is 1. The summed E-state index contributed by atoms with van der Waals surface area (Å²) in [4.78, 5) is 11.9. The van der Waals surface area contributed by atoms with E-state index in [4.69, 9.17) is 4.74 Å². The lowest BCUT2D eigenvalue weighted by atomic mass is 9.41. The van der Waals surface area contributed by atoms with Gasteiger partial charge in [-0.1, -0.05) is 40.2 Å². The Kier molecular flexibility index (Phi) is 4.64. The zero-order valence-electron chi connectivity index (χ0n) is 17.0. The Morgan fingerprint density at radius 3 is 2.42 bits per heavy atom. The largest absolute Gasteiger partial charge is 0.459 e. The normalized spacial score (nSPS) is 50.3. The number of carbonyl (C=O) groups is 1. The number of hydrogen-bond donors (Lipinski definition) is 2. The second-order valence-corrected chi connectivity index (χ2v) is 10.4. The Hall–Kier alpha value is -0.870. The number of aliphatic hydroxyl groups excluding tert-OH is 1. The van der Waals surface area contributed by atoms with Crippen LogP contribution in [0.15, 0.2) is 12.7 Å². The molecular weight excluding hydrogens is 328 g/mol. The van der Waals surface area contributed by atoms with Gasteiger partial charge < -0.3 is 14.9 Å². The van der Waals surface area contributed by atoms with Crippen molar-refractivity contribution in [3.8, 4) is 0 Å². The molecule has 148 valence electrons. The lowest BCUT2D eigenvalue weighted by molar-refractivity contribution is -0.269. The maximum Gasteiger partial charge on any atom is 0.303 e. The number of hydrogen-bond acceptors (Lipinski definition) is 4. The minimum absolute atomic E-state index is 0.154. The van der Waals surface area contributed by atoms with Crippen molar-refractivity contribution < 1.29 is 19.7 Å². The molecule has 3 aliphatic rings. The zero-order valence-corrected chi connectivity index (χ0v) is 17.0. The van der Waals surface area contributed by atoms with Crippen molar-refractivity contribution in [1.82, 2.24) is 0 Å². The van der Waals surface area contributed by atoms with Crippen molar-refractivity contribution >= 4 is 5.97 Å². The monoisotopic (exact) mass is 364 g/mol. The maximum absolute atomic E-state index is 11.9. The smallest absolute Gasteiger partial charge is 0.303 e. The summed E-state index contributed by atoms with van der Waals surface area (Å²) in [5.74, 6) is -0.196. The van der Waals surface area contributed by atoms with E-state index in [1.54, 1.807) is 6.08 Å². The second-order valence-electron chi connectivity index (χ2n) is 10.4. The van der Waals surface area contributed by atoms with E-state index < -0.39 is 29.2 Å². The van der Waals surface area contributed by atoms with E-state index in [9.17, 15) is 15.0 Å². The van der Waals surface area contributed by atoms with Crippen molar-refractivity contribution in [2.75, 3.05) is 0 Å². The highest BCUT2D eigenvalue weighted by atomic mass is 16.6. The fourth-order valence-corrected chi connectivity index (χ4v) is 7.14. The van der Waals surface area contributed by atoms with Gasteiger partial charge in [-0.25, -0.2) is 0 Å². The molecule has 0 saturated heterocycles. The molecule has 0 spiro atoms. The third kappa shape index (κ3) is 2.75. The first kappa shape index (κ1) is 19.9. The Morgan fingerprint density at radius 1 is 1.19 bits per heavy atom. The summed E-state index contributed by atoms with van der Waals surface area (Å²) in [7, 11) is 0. The number of ether oxygens (including phenoxy) is 1. The fourth-order valence-electron chi connectivity index (χ4n) is 7.14. The third-order valence-electron chi connectivity index (χ3n) is 8.20. The average molecular weight is 365 g/mol. The molecule has 3 fully saturated rings. The molecule has 2 N–H and O–H groups in total. The van der Waals surface area contributed by atoms with E-state index in [-0.39, 0.29) is 16.7 Å². The molecule has 0 aromatic heterocycles. The quantitative estimate of drug-likeness (QED) is 0.577. The lowest BCUT2D eigenvalue weighted by Crippen LogP contribution is -2.70. The van der Waals surface area contributed by atoms with Gasteiger partial charge in [0, 0.05) is 18.3 Å². The number of aliphatic hydroxyl groups is 2. The van der Waals surface area contributed by atoms with Crippen LogP contribution in [0.5, 0.6) is 0 Å². The van der Waals surface area contributed by atoms with Crippen LogP contribution in [0, 0.1) is 28.1 Å². The molecule has 0 aliphatic heterocycles. The molecule has 4 nitrogen and oxygen atoms in total. The van der Waals surface area contributed by atoms with Gasteiger partial charge in [0.25, 0.3) is 0 Å². The predicted octanol–water partition coefficient (Wildman–Crippen LogP) is 3.85. The molecule has 0 aromatic rings. The average Bonchev–Trinajstić information content (AvgIpc) is 2.50. The van der Waals surface area contributed by atoms with Crippen LogP contribution in [0.25, 0.3) is 0 Å². The van der Waals surface area contributed by atoms with Crippen LogP contribution in [0.1, 0.15) is 73.1 Å². The van der Waals surface area contributed by atoms with Crippen molar-refractivity contribution in [1.29, 1.82) is 0 Å². The summed E-state index contributed by atoms with van der Waals surface area (Å²) in [6, 6.07) is 0. The van der Waals surface area contributed by atoms with Crippen LogP contribution < -0.4 is 0 Å². The number of rotatable bonds is 2. The first-order valence-corrected chi connectivity index (χ1v) is 10.1. The highest BCUT2D eigenvalue weighted by molar-refractivity contribution is 5.66. The molecule has 0 amide bonds. The molecule has 0 bridgehead atoms. The van der Waals surface area contributed by atoms with Crippen molar-refractivity contribution in [3.05, 3.63) is 12.7 Å². The molecule has 0 aromatic carbocycles. The summed E-state index contributed by atoms with van der Waals surface area (Å²) >= 11 is 0. The summed E-state index contributed by atoms with van der Waals surface area (Å²) in [6.07, 6.45) is 5.60. The molecule has 3 saturated carbocycles. The van der Waals surface area contributed by atoms with E-state index in [1.165, 1.54) is 13.3 Å². The van der Waals surface area contributed by atoms with Gasteiger partial charge in [0.15, 0.2) is 0 Å². The van der Waals surface area contributed by atoms with Gasteiger partial charge in [0.05, 0.1) is 5.60 Å². The van der Waals surface area contributed by atoms with Gasteiger partial charge in [-0.15, -0.1) is 6.58 Å². The summed E-state index contributed by atoms with van der Waals surface area (Å²) < 4.78 is 5.72. The summed E-state index contributed by atoms with van der Waals surface area (Å²) in [5, 5.41) is 22.9. The highest BCUT2D eigenvalue weighted by Gasteiger charge is 2.67. The molecular formula is C22H36O4. The Balaban J connectivity index is 2.11. The zero-order chi connectivity index (χ0) is 19.5. The van der Waals surface area contributed by atoms with Crippen LogP contribution in [-0.2, 0) is 9.53 Å². The Bertz CT molecular complexity index is 599. The van der Waals surface area contributed by atoms with E-state index in [0.29, 0.717) is 18.8 Å². The molecule has 0 heterocycles. The van der Waals surface area contributed by atoms with Crippen LogP contribution in [0.2, 0.25) is 0 Å². The van der Waals surface area contributed by atoms with E-state index in [2.05, 4.69) is 27.4 Å². The van der Waals surface area contributed by atoms with Crippen LogP contribution >= 0.6 is 0 Å². The van der Waals surface area contributed by atoms with Crippen molar-refractivity contribution in [3.63, 3.8) is 0 Å². The molecule has 3 aliphatic carbocycles. The third-order valence-corrected chi connectivity index (χ3v) is 8.20. The molecule has 0 radical (unpaired) electrons. The number of esters is 1. The standard InChI is InChI=1S/C22H36O4/c1-7-20(5)13-22(25)12-9-15-19(3,4)10-8-11-21(15,6)17(22)16(18(20)24)26-14(2)23/h7,15-18,24-25H,1,8-13H2,2-6H3. The molecule has 3 rings (SSSR count). The van der Waals surface area contributed by atoms with Gasteiger partial charge in [0.2, 0.25) is 0 Å². The van der Waals surface area contributed by atoms with E-state index in [0.717, 1.165) is 19.3 Å². The minimum Gasteiger partial charge on any atom is -0.459 e. The molecule has 7 atom stereocenters. The summed E-state index contributed by atoms with van der Waals surface area (Å²) in [5.41, 5.74) is -1.57. The molecule has 26 heavy (non-hydrogen) atoms. The molecule has 7 unspecified atom stereocenters. The van der Waals surface area contributed by atoms with Gasteiger partial charge in [-0.3, -0.25) is 4.79 Å². The first-order valence-electron chi connectivity index (χ1n) is 10.1. The topological polar surface area (TPSA) is 66.8 Å². The Labute approximate surface area is 158 Å². The lowest BCUT2D eigenvalue weighted by Gasteiger charge is -2.66. The van der Waals surface area contributed by atoms with Gasteiger partial charge in [-0.2, -0.15) is 0 Å². The Morgan fingerprint density at radius 2 is 1.85 bits per heavy atom. The maximum atomic E-state index is 11.9. The van der Waals surface area contributed by atoms with Gasteiger partial charge in [-0.05, 0) is 48.9 Å². The van der Waals surface area contributed by atoms with E-state index in [1.807, 2.05) is 6.92 Å². The summed E-state index contributed by atoms with van der Waals surface area (Å²) in [6.45, 7) is 14.1. The van der Waals surface area contributed by atoms with Crippen LogP contribution in [-0.4, -0.2) is 34.0 Å². The fraction of sp³-hybridized carbons (Fsp3) is 0.864. The van der Waals surface area contributed by atoms with E-state index >= 15 is 0 Å². The van der Waals surface area contributed by atoms with Gasteiger partial charge in [0.1, 0.15) is 12.2 Å². The number of fused-ring (bicyclic) bond motifs is 3. The second kappa shape index (κ2) is 6.07. The molecule has 4 heteroatoms. The highest BCUT2D eigenvalue weighted by Crippen LogP contribution is 2.66. The van der Waals surface area contributed by atoms with Crippen molar-refractivity contribution in [2.24, 2.45) is 28.1 Å². The minimum atomic E-state index is -0.943. The van der Waals surface area contributed by atoms with Gasteiger partial charge >= 0.3 is 5.97 Å².